The van der Waals surface area contributed by atoms with Gasteiger partial charge in [-0.15, -0.1) is 11.3 Å². The van der Waals surface area contributed by atoms with Crippen molar-refractivity contribution in [2.45, 2.75) is 38.4 Å². The number of likely N-dealkylation sites (N-methyl/N-ethyl adjacent to an activating group) is 1. The first-order valence-electron chi connectivity index (χ1n) is 7.30. The van der Waals surface area contributed by atoms with Gasteiger partial charge in [0.15, 0.2) is 5.13 Å². The maximum Gasteiger partial charge on any atom is 0.317 e. The fourth-order valence-electron chi connectivity index (χ4n) is 2.56. The van der Waals surface area contributed by atoms with Crippen LogP contribution in [0.25, 0.3) is 0 Å². The highest BCUT2D eigenvalue weighted by Gasteiger charge is 2.33. The lowest BCUT2D eigenvalue weighted by molar-refractivity contribution is -0.139. The molecule has 1 fully saturated rings. The van der Waals surface area contributed by atoms with Crippen molar-refractivity contribution in [3.05, 3.63) is 11.1 Å². The molecule has 0 saturated heterocycles. The number of nitrogens with zero attached hydrogens (tertiary/aromatic N) is 3. The van der Waals surface area contributed by atoms with Crippen LogP contribution < -0.4 is 10.2 Å². The van der Waals surface area contributed by atoms with Crippen LogP contribution in [0.4, 0.5) is 5.13 Å². The number of rotatable bonds is 8. The van der Waals surface area contributed by atoms with E-state index in [1.807, 2.05) is 37.0 Å². The Hall–Kier alpha value is -1.18. The van der Waals surface area contributed by atoms with E-state index in [1.54, 1.807) is 11.3 Å². The largest absolute Gasteiger partial charge is 0.480 e. The van der Waals surface area contributed by atoms with Gasteiger partial charge < -0.3 is 15.3 Å². The number of carbonyl (C=O) groups is 1. The average molecular weight is 312 g/mol. The number of aromatic nitrogens is 1. The summed E-state index contributed by atoms with van der Waals surface area (Å²) in [6.07, 6.45) is 3.98. The minimum absolute atomic E-state index is 0.148. The summed E-state index contributed by atoms with van der Waals surface area (Å²) < 4.78 is 0. The second-order valence-corrected chi connectivity index (χ2v) is 6.76. The van der Waals surface area contributed by atoms with E-state index in [9.17, 15) is 4.79 Å². The summed E-state index contributed by atoms with van der Waals surface area (Å²) in [4.78, 5) is 20.4. The van der Waals surface area contributed by atoms with Gasteiger partial charge in [0.2, 0.25) is 0 Å². The van der Waals surface area contributed by atoms with E-state index in [2.05, 4.69) is 10.3 Å². The lowest BCUT2D eigenvalue weighted by Crippen LogP contribution is -2.53. The molecule has 21 heavy (non-hydrogen) atoms. The lowest BCUT2D eigenvalue weighted by Gasteiger charge is -2.42. The Morgan fingerprint density at radius 3 is 2.76 bits per heavy atom. The van der Waals surface area contributed by atoms with Crippen LogP contribution in [0, 0.1) is 0 Å². The van der Waals surface area contributed by atoms with Gasteiger partial charge in [0.25, 0.3) is 0 Å². The third-order valence-corrected chi connectivity index (χ3v) is 5.03. The molecule has 7 heteroatoms. The highest BCUT2D eigenvalue weighted by atomic mass is 32.1. The molecule has 1 aliphatic carbocycles. The van der Waals surface area contributed by atoms with Crippen LogP contribution in [0.3, 0.4) is 0 Å². The van der Waals surface area contributed by atoms with Gasteiger partial charge in [0.05, 0.1) is 6.54 Å². The smallest absolute Gasteiger partial charge is 0.317 e. The highest BCUT2D eigenvalue weighted by Crippen LogP contribution is 2.27. The number of hydrogen-bond acceptors (Lipinski definition) is 6. The number of thiazole rings is 1. The molecule has 0 atom stereocenters. The predicted molar refractivity (Wildman–Crippen MR) is 85.0 cm³/mol. The van der Waals surface area contributed by atoms with Crippen molar-refractivity contribution in [1.82, 2.24) is 15.2 Å². The summed E-state index contributed by atoms with van der Waals surface area (Å²) >= 11 is 1.70. The molecule has 0 aromatic carbocycles. The molecular formula is C14H24N4O2S. The van der Waals surface area contributed by atoms with E-state index in [0.29, 0.717) is 12.1 Å². The van der Waals surface area contributed by atoms with E-state index in [-0.39, 0.29) is 6.54 Å². The summed E-state index contributed by atoms with van der Waals surface area (Å²) in [5, 5.41) is 13.4. The number of anilines is 1. The lowest BCUT2D eigenvalue weighted by atomic mass is 9.85. The molecule has 0 radical (unpaired) electrons. The summed E-state index contributed by atoms with van der Waals surface area (Å²) in [6.45, 7) is 3.80. The van der Waals surface area contributed by atoms with Crippen molar-refractivity contribution in [1.29, 1.82) is 0 Å². The van der Waals surface area contributed by atoms with Crippen molar-refractivity contribution in [2.24, 2.45) is 0 Å². The van der Waals surface area contributed by atoms with Crippen molar-refractivity contribution in [3.8, 4) is 0 Å². The SMILES string of the molecule is CCN(CC(=O)O)C1CC(NCc2cnc(N(C)C)s2)C1. The van der Waals surface area contributed by atoms with Crippen LogP contribution in [-0.2, 0) is 11.3 Å². The van der Waals surface area contributed by atoms with Crippen LogP contribution in [0.5, 0.6) is 0 Å². The Morgan fingerprint density at radius 1 is 1.52 bits per heavy atom. The highest BCUT2D eigenvalue weighted by molar-refractivity contribution is 7.15. The Labute approximate surface area is 129 Å². The van der Waals surface area contributed by atoms with Gasteiger partial charge in [-0.25, -0.2) is 4.98 Å². The van der Waals surface area contributed by atoms with Crippen molar-refractivity contribution < 1.29 is 9.90 Å². The Bertz CT molecular complexity index is 471. The minimum atomic E-state index is -0.742. The molecular weight excluding hydrogens is 288 g/mol. The summed E-state index contributed by atoms with van der Waals surface area (Å²) in [5.41, 5.74) is 0. The van der Waals surface area contributed by atoms with Crippen LogP contribution in [0.15, 0.2) is 6.20 Å². The molecule has 1 aromatic rings. The molecule has 2 rings (SSSR count). The van der Waals surface area contributed by atoms with Crippen LogP contribution in [0.2, 0.25) is 0 Å². The molecule has 2 N–H and O–H groups in total. The summed E-state index contributed by atoms with van der Waals surface area (Å²) in [5.74, 6) is -0.742. The predicted octanol–water partition coefficient (Wildman–Crippen LogP) is 1.24. The average Bonchev–Trinajstić information content (AvgIpc) is 2.83. The third kappa shape index (κ3) is 4.39. The number of carboxylic acids is 1. The maximum atomic E-state index is 10.8. The minimum Gasteiger partial charge on any atom is -0.480 e. The van der Waals surface area contributed by atoms with Crippen LogP contribution in [0.1, 0.15) is 24.6 Å². The van der Waals surface area contributed by atoms with Gasteiger partial charge in [-0.3, -0.25) is 9.69 Å². The number of carboxylic acid groups (broad SMARTS) is 1. The fraction of sp³-hybridized carbons (Fsp3) is 0.714. The van der Waals surface area contributed by atoms with Gasteiger partial charge in [-0.1, -0.05) is 6.92 Å². The number of aliphatic carboxylic acids is 1. The molecule has 0 bridgehead atoms. The molecule has 1 aliphatic rings. The Morgan fingerprint density at radius 2 is 2.24 bits per heavy atom. The van der Waals surface area contributed by atoms with Gasteiger partial charge in [0.1, 0.15) is 0 Å². The molecule has 0 amide bonds. The molecule has 1 saturated carbocycles. The van der Waals surface area contributed by atoms with Crippen molar-refractivity contribution >= 4 is 22.4 Å². The molecule has 118 valence electrons. The number of nitrogens with one attached hydrogen (secondary N) is 1. The maximum absolute atomic E-state index is 10.8. The van der Waals surface area contributed by atoms with E-state index in [1.165, 1.54) is 4.88 Å². The van der Waals surface area contributed by atoms with E-state index >= 15 is 0 Å². The first kappa shape index (κ1) is 16.2. The quantitative estimate of drug-likeness (QED) is 0.753. The van der Waals surface area contributed by atoms with Gasteiger partial charge in [-0.2, -0.15) is 0 Å². The summed E-state index contributed by atoms with van der Waals surface area (Å²) in [7, 11) is 3.99. The van der Waals surface area contributed by atoms with Crippen molar-refractivity contribution in [3.63, 3.8) is 0 Å². The van der Waals surface area contributed by atoms with Crippen LogP contribution >= 0.6 is 11.3 Å². The first-order chi connectivity index (χ1) is 9.99. The van der Waals surface area contributed by atoms with Crippen molar-refractivity contribution in [2.75, 3.05) is 32.1 Å². The Balaban J connectivity index is 1.71. The monoisotopic (exact) mass is 312 g/mol. The zero-order valence-electron chi connectivity index (χ0n) is 12.9. The molecule has 0 unspecified atom stereocenters. The Kier molecular flexibility index (Phi) is 5.55. The second-order valence-electron chi connectivity index (χ2n) is 5.66. The normalized spacial score (nSPS) is 21.3. The van der Waals surface area contributed by atoms with E-state index in [0.717, 1.165) is 31.1 Å². The van der Waals surface area contributed by atoms with Gasteiger partial charge in [0, 0.05) is 43.8 Å². The zero-order chi connectivity index (χ0) is 15.4. The zero-order valence-corrected chi connectivity index (χ0v) is 13.7. The van der Waals surface area contributed by atoms with E-state index < -0.39 is 5.97 Å². The topological polar surface area (TPSA) is 68.7 Å². The standard InChI is InChI=1S/C14H24N4O2S/c1-4-18(9-13(19)20)11-5-10(6-11)15-7-12-8-16-14(21-12)17(2)3/h8,10-11,15H,4-7,9H2,1-3H3,(H,19,20). The third-order valence-electron chi connectivity index (χ3n) is 3.86. The van der Waals surface area contributed by atoms with Gasteiger partial charge in [-0.05, 0) is 19.4 Å². The second kappa shape index (κ2) is 7.20. The van der Waals surface area contributed by atoms with E-state index in [4.69, 9.17) is 5.11 Å². The fourth-order valence-corrected chi connectivity index (χ4v) is 3.34. The molecule has 1 heterocycles. The molecule has 0 spiro atoms. The first-order valence-corrected chi connectivity index (χ1v) is 8.12. The number of hydrogen-bond donors (Lipinski definition) is 2. The summed E-state index contributed by atoms with van der Waals surface area (Å²) in [6, 6.07) is 0.894. The van der Waals surface area contributed by atoms with Gasteiger partial charge >= 0.3 is 5.97 Å². The van der Waals surface area contributed by atoms with Crippen LogP contribution in [-0.4, -0.2) is 60.2 Å². The molecule has 1 aromatic heterocycles. The molecule has 6 nitrogen and oxygen atoms in total. The molecule has 0 aliphatic heterocycles.